The van der Waals surface area contributed by atoms with Crippen molar-refractivity contribution in [3.05, 3.63) is 35.6 Å². The summed E-state index contributed by atoms with van der Waals surface area (Å²) < 4.78 is 13.9. The van der Waals surface area contributed by atoms with Crippen molar-refractivity contribution in [2.75, 3.05) is 26.7 Å². The van der Waals surface area contributed by atoms with Crippen molar-refractivity contribution in [1.29, 1.82) is 0 Å². The molecule has 4 nitrogen and oxygen atoms in total. The third-order valence-corrected chi connectivity index (χ3v) is 5.08. The van der Waals surface area contributed by atoms with Gasteiger partial charge < -0.3 is 15.1 Å². The molecule has 2 unspecified atom stereocenters. The largest absolute Gasteiger partial charge is 0.338 e. The highest BCUT2D eigenvalue weighted by atomic mass is 19.1. The van der Waals surface area contributed by atoms with Crippen LogP contribution >= 0.6 is 0 Å². The standard InChI is InChI=1S/C19H30FN3O/c1-14(2)23-11-7-8-16(13-23)12-21-19(24)22(4)15(3)17-9-5-6-10-18(17)20/h5-6,9-10,14-16H,7-8,11-13H2,1-4H3,(H,21,24). The lowest BCUT2D eigenvalue weighted by molar-refractivity contribution is 0.136. The number of hydrogen-bond donors (Lipinski definition) is 1. The summed E-state index contributed by atoms with van der Waals surface area (Å²) in [6.07, 6.45) is 2.33. The Morgan fingerprint density at radius 2 is 2.08 bits per heavy atom. The van der Waals surface area contributed by atoms with E-state index in [9.17, 15) is 9.18 Å². The summed E-state index contributed by atoms with van der Waals surface area (Å²) in [6.45, 7) is 9.13. The van der Waals surface area contributed by atoms with E-state index >= 15 is 0 Å². The number of halogens is 1. The zero-order valence-corrected chi connectivity index (χ0v) is 15.3. The number of urea groups is 1. The highest BCUT2D eigenvalue weighted by Crippen LogP contribution is 2.22. The number of piperidine rings is 1. The van der Waals surface area contributed by atoms with Crippen molar-refractivity contribution in [3.63, 3.8) is 0 Å². The third-order valence-electron chi connectivity index (χ3n) is 5.08. The van der Waals surface area contributed by atoms with Gasteiger partial charge in [0.15, 0.2) is 0 Å². The summed E-state index contributed by atoms with van der Waals surface area (Å²) >= 11 is 0. The average molecular weight is 335 g/mol. The molecule has 1 heterocycles. The van der Waals surface area contributed by atoms with Gasteiger partial charge >= 0.3 is 6.03 Å². The average Bonchev–Trinajstić information content (AvgIpc) is 2.59. The van der Waals surface area contributed by atoms with Crippen molar-refractivity contribution in [2.24, 2.45) is 5.92 Å². The number of nitrogens with zero attached hydrogens (tertiary/aromatic N) is 2. The Kier molecular flexibility index (Phi) is 6.60. The van der Waals surface area contributed by atoms with Gasteiger partial charge in [0.05, 0.1) is 6.04 Å². The SMILES string of the molecule is CC(C)N1CCCC(CNC(=O)N(C)C(C)c2ccccc2F)C1. The summed E-state index contributed by atoms with van der Waals surface area (Å²) in [6, 6.07) is 6.72. The second-order valence-electron chi connectivity index (χ2n) is 7.09. The van der Waals surface area contributed by atoms with Crippen molar-refractivity contribution in [1.82, 2.24) is 15.1 Å². The lowest BCUT2D eigenvalue weighted by atomic mass is 9.97. The van der Waals surface area contributed by atoms with Crippen LogP contribution in [0.2, 0.25) is 0 Å². The van der Waals surface area contributed by atoms with Crippen LogP contribution in [0.15, 0.2) is 24.3 Å². The first-order valence-electron chi connectivity index (χ1n) is 8.89. The molecule has 2 rings (SSSR count). The first-order valence-corrected chi connectivity index (χ1v) is 8.89. The molecular weight excluding hydrogens is 305 g/mol. The first kappa shape index (κ1) is 18.7. The van der Waals surface area contributed by atoms with E-state index in [1.807, 2.05) is 6.92 Å². The zero-order chi connectivity index (χ0) is 17.7. The molecule has 24 heavy (non-hydrogen) atoms. The van der Waals surface area contributed by atoms with E-state index in [1.54, 1.807) is 30.1 Å². The number of amides is 2. The fraction of sp³-hybridized carbons (Fsp3) is 0.632. The van der Waals surface area contributed by atoms with Gasteiger partial charge in [-0.15, -0.1) is 0 Å². The number of benzene rings is 1. The molecule has 134 valence electrons. The highest BCUT2D eigenvalue weighted by Gasteiger charge is 2.24. The Hall–Kier alpha value is -1.62. The fourth-order valence-electron chi connectivity index (χ4n) is 3.29. The summed E-state index contributed by atoms with van der Waals surface area (Å²) in [7, 11) is 1.72. The topological polar surface area (TPSA) is 35.6 Å². The Labute approximate surface area is 145 Å². The van der Waals surface area contributed by atoms with Gasteiger partial charge in [0, 0.05) is 31.7 Å². The van der Waals surface area contributed by atoms with Crippen LogP contribution in [0, 0.1) is 11.7 Å². The second kappa shape index (κ2) is 8.47. The molecule has 1 aliphatic heterocycles. The molecule has 1 fully saturated rings. The van der Waals surface area contributed by atoms with Crippen molar-refractivity contribution in [2.45, 2.75) is 45.7 Å². The maximum Gasteiger partial charge on any atom is 0.317 e. The van der Waals surface area contributed by atoms with Crippen LogP contribution in [-0.2, 0) is 0 Å². The highest BCUT2D eigenvalue weighted by molar-refractivity contribution is 5.74. The van der Waals surface area contributed by atoms with Crippen LogP contribution in [-0.4, -0.2) is 48.6 Å². The van der Waals surface area contributed by atoms with E-state index in [4.69, 9.17) is 0 Å². The molecule has 1 aromatic carbocycles. The summed E-state index contributed by atoms with van der Waals surface area (Å²) in [5.74, 6) is 0.215. The molecule has 0 aromatic heterocycles. The van der Waals surface area contributed by atoms with Crippen molar-refractivity contribution >= 4 is 6.03 Å². The molecule has 0 bridgehead atoms. The van der Waals surface area contributed by atoms with Crippen molar-refractivity contribution < 1.29 is 9.18 Å². The molecule has 0 spiro atoms. The molecular formula is C19H30FN3O. The van der Waals surface area contributed by atoms with E-state index in [0.29, 0.717) is 24.1 Å². The minimum absolute atomic E-state index is 0.146. The number of nitrogens with one attached hydrogen (secondary N) is 1. The van der Waals surface area contributed by atoms with Crippen molar-refractivity contribution in [3.8, 4) is 0 Å². The molecule has 1 saturated heterocycles. The van der Waals surface area contributed by atoms with Gasteiger partial charge in [-0.25, -0.2) is 9.18 Å². The lowest BCUT2D eigenvalue weighted by Crippen LogP contribution is -2.46. The number of carbonyl (C=O) groups excluding carboxylic acids is 1. The van der Waals surface area contributed by atoms with E-state index < -0.39 is 0 Å². The number of hydrogen-bond acceptors (Lipinski definition) is 2. The van der Waals surface area contributed by atoms with Gasteiger partial charge in [0.1, 0.15) is 5.82 Å². The smallest absolute Gasteiger partial charge is 0.317 e. The Morgan fingerprint density at radius 3 is 2.75 bits per heavy atom. The number of carbonyl (C=O) groups is 1. The van der Waals surface area contributed by atoms with Gasteiger partial charge in [-0.05, 0) is 52.1 Å². The predicted octanol–water partition coefficient (Wildman–Crippen LogP) is 3.65. The molecule has 2 atom stereocenters. The molecule has 0 aliphatic carbocycles. The lowest BCUT2D eigenvalue weighted by Gasteiger charge is -2.36. The molecule has 5 heteroatoms. The zero-order valence-electron chi connectivity index (χ0n) is 15.3. The third kappa shape index (κ3) is 4.69. The van der Waals surface area contributed by atoms with E-state index in [-0.39, 0.29) is 17.9 Å². The van der Waals surface area contributed by atoms with E-state index in [1.165, 1.54) is 12.5 Å². The molecule has 1 aliphatic rings. The van der Waals surface area contributed by atoms with Crippen LogP contribution < -0.4 is 5.32 Å². The summed E-state index contributed by atoms with van der Waals surface area (Å²) in [5.41, 5.74) is 0.541. The maximum absolute atomic E-state index is 13.9. The Morgan fingerprint density at radius 1 is 1.38 bits per heavy atom. The van der Waals surface area contributed by atoms with Gasteiger partial charge in [-0.3, -0.25) is 0 Å². The quantitative estimate of drug-likeness (QED) is 0.891. The summed E-state index contributed by atoms with van der Waals surface area (Å²) in [5, 5.41) is 3.02. The van der Waals surface area contributed by atoms with Gasteiger partial charge in [-0.2, -0.15) is 0 Å². The first-order chi connectivity index (χ1) is 11.4. The van der Waals surface area contributed by atoms with Crippen LogP contribution in [0.1, 0.15) is 45.2 Å². The Bertz CT molecular complexity index is 549. The maximum atomic E-state index is 13.9. The van der Waals surface area contributed by atoms with E-state index in [0.717, 1.165) is 19.5 Å². The van der Waals surface area contributed by atoms with Crippen LogP contribution in [0.3, 0.4) is 0 Å². The number of rotatable bonds is 5. The predicted molar refractivity (Wildman–Crippen MR) is 95.4 cm³/mol. The van der Waals surface area contributed by atoms with Gasteiger partial charge in [0.25, 0.3) is 0 Å². The minimum Gasteiger partial charge on any atom is -0.338 e. The summed E-state index contributed by atoms with van der Waals surface area (Å²) in [4.78, 5) is 16.4. The van der Waals surface area contributed by atoms with Gasteiger partial charge in [0.2, 0.25) is 0 Å². The number of likely N-dealkylation sites (tertiary alicyclic amines) is 1. The van der Waals surface area contributed by atoms with Crippen LogP contribution in [0.4, 0.5) is 9.18 Å². The monoisotopic (exact) mass is 335 g/mol. The molecule has 0 saturated carbocycles. The molecule has 1 N–H and O–H groups in total. The fourth-order valence-corrected chi connectivity index (χ4v) is 3.29. The molecule has 0 radical (unpaired) electrons. The molecule has 1 aromatic rings. The van der Waals surface area contributed by atoms with E-state index in [2.05, 4.69) is 24.1 Å². The Balaban J connectivity index is 1.86. The second-order valence-corrected chi connectivity index (χ2v) is 7.09. The van der Waals surface area contributed by atoms with Crippen LogP contribution in [0.5, 0.6) is 0 Å². The molecule has 2 amide bonds. The van der Waals surface area contributed by atoms with Gasteiger partial charge in [-0.1, -0.05) is 18.2 Å². The normalized spacial score (nSPS) is 20.0. The minimum atomic E-state index is -0.301. The van der Waals surface area contributed by atoms with Crippen LogP contribution in [0.25, 0.3) is 0 Å².